The van der Waals surface area contributed by atoms with E-state index in [1.807, 2.05) is 18.2 Å². The van der Waals surface area contributed by atoms with Crippen molar-refractivity contribution in [1.82, 2.24) is 19.5 Å². The summed E-state index contributed by atoms with van der Waals surface area (Å²) < 4.78 is 13.4. The van der Waals surface area contributed by atoms with Crippen molar-refractivity contribution in [3.8, 4) is 11.5 Å². The van der Waals surface area contributed by atoms with Gasteiger partial charge in [-0.1, -0.05) is 6.07 Å². The number of hydrogen-bond acceptors (Lipinski definition) is 6. The average Bonchev–Trinajstić information content (AvgIpc) is 3.34. The van der Waals surface area contributed by atoms with E-state index in [4.69, 9.17) is 9.47 Å². The minimum atomic E-state index is -1.19. The van der Waals surface area contributed by atoms with E-state index < -0.39 is 11.2 Å². The summed E-state index contributed by atoms with van der Waals surface area (Å²) in [4.78, 5) is 23.4. The first-order chi connectivity index (χ1) is 13.8. The fourth-order valence-corrected chi connectivity index (χ4v) is 3.66. The lowest BCUT2D eigenvalue weighted by Gasteiger charge is -2.17. The molecule has 0 unspecified atom stereocenters. The Kier molecular flexibility index (Phi) is 5.04. The van der Waals surface area contributed by atoms with Gasteiger partial charge in [-0.3, -0.25) is 4.79 Å². The van der Waals surface area contributed by atoms with E-state index in [0.29, 0.717) is 23.8 Å². The zero-order chi connectivity index (χ0) is 20.6. The number of H-pyrrole nitrogens is 1. The first-order valence-electron chi connectivity index (χ1n) is 9.87. The van der Waals surface area contributed by atoms with Crippen molar-refractivity contribution < 1.29 is 14.6 Å². The molecule has 2 heterocycles. The van der Waals surface area contributed by atoms with Crippen LogP contribution in [-0.4, -0.2) is 37.8 Å². The average molecular weight is 398 g/mol. The molecule has 1 aliphatic carbocycles. The Morgan fingerprint density at radius 1 is 1.28 bits per heavy atom. The number of imidazole rings is 1. The first kappa shape index (κ1) is 19.4. The highest BCUT2D eigenvalue weighted by Gasteiger charge is 2.23. The van der Waals surface area contributed by atoms with Crippen LogP contribution < -0.4 is 15.0 Å². The van der Waals surface area contributed by atoms with Gasteiger partial charge in [-0.2, -0.15) is 4.98 Å². The van der Waals surface area contributed by atoms with Crippen LogP contribution in [0.1, 0.15) is 50.9 Å². The standard InChI is InChI=1S/C21H26N4O4/c1-21(2,27)20-23-17-18(24-20)25(12-22-19(17)26)11-13-8-9-15(28-3)16(10-13)29-14-6-4-5-7-14/h8-10,12,14,27H,4-7,11H2,1-3H3,(H,23,24). The normalized spacial score (nSPS) is 15.2. The van der Waals surface area contributed by atoms with E-state index in [-0.39, 0.29) is 11.6 Å². The molecule has 0 saturated heterocycles. The smallest absolute Gasteiger partial charge is 0.298 e. The first-order valence-corrected chi connectivity index (χ1v) is 9.87. The number of nitrogens with one attached hydrogen (secondary N) is 1. The predicted octanol–water partition coefficient (Wildman–Crippen LogP) is 2.73. The number of nitrogens with zero attached hydrogens (tertiary/aromatic N) is 3. The molecule has 2 N–H and O–H groups in total. The van der Waals surface area contributed by atoms with Gasteiger partial charge in [-0.15, -0.1) is 0 Å². The Labute approximate surface area is 168 Å². The van der Waals surface area contributed by atoms with Crippen molar-refractivity contribution in [1.29, 1.82) is 0 Å². The van der Waals surface area contributed by atoms with Gasteiger partial charge >= 0.3 is 0 Å². The zero-order valence-corrected chi connectivity index (χ0v) is 16.9. The molecule has 1 saturated carbocycles. The lowest BCUT2D eigenvalue weighted by molar-refractivity contribution is 0.0699. The highest BCUT2D eigenvalue weighted by Crippen LogP contribution is 2.32. The molecule has 0 aliphatic heterocycles. The summed E-state index contributed by atoms with van der Waals surface area (Å²) in [5.41, 5.74) is 0.112. The van der Waals surface area contributed by atoms with Crippen LogP contribution in [0.5, 0.6) is 11.5 Å². The van der Waals surface area contributed by atoms with Gasteiger partial charge in [0.1, 0.15) is 17.8 Å². The topological polar surface area (TPSA) is 102 Å². The van der Waals surface area contributed by atoms with E-state index in [1.165, 1.54) is 19.2 Å². The summed E-state index contributed by atoms with van der Waals surface area (Å²) in [5, 5.41) is 10.2. The maximum atomic E-state index is 12.1. The molecular weight excluding hydrogens is 372 g/mol. The second kappa shape index (κ2) is 7.51. The van der Waals surface area contributed by atoms with Crippen LogP contribution >= 0.6 is 0 Å². The molecule has 154 valence electrons. The van der Waals surface area contributed by atoms with E-state index in [0.717, 1.165) is 24.2 Å². The Hall–Kier alpha value is -2.87. The Morgan fingerprint density at radius 3 is 2.72 bits per heavy atom. The summed E-state index contributed by atoms with van der Waals surface area (Å²) in [5.74, 6) is 1.75. The minimum absolute atomic E-state index is 0.223. The molecule has 8 heteroatoms. The second-order valence-corrected chi connectivity index (χ2v) is 8.03. The van der Waals surface area contributed by atoms with Gasteiger partial charge in [0, 0.05) is 0 Å². The van der Waals surface area contributed by atoms with Gasteiger partial charge in [-0.05, 0) is 57.2 Å². The van der Waals surface area contributed by atoms with Crippen LogP contribution in [0.2, 0.25) is 0 Å². The van der Waals surface area contributed by atoms with Crippen LogP contribution in [-0.2, 0) is 12.1 Å². The summed E-state index contributed by atoms with van der Waals surface area (Å²) in [6, 6.07) is 5.80. The molecule has 2 aromatic heterocycles. The van der Waals surface area contributed by atoms with Crippen molar-refractivity contribution in [2.24, 2.45) is 0 Å². The van der Waals surface area contributed by atoms with Crippen LogP contribution in [0.3, 0.4) is 0 Å². The Balaban J connectivity index is 1.68. The molecule has 1 fully saturated rings. The zero-order valence-electron chi connectivity index (χ0n) is 16.9. The fourth-order valence-electron chi connectivity index (χ4n) is 3.66. The molecule has 0 radical (unpaired) electrons. The second-order valence-electron chi connectivity index (χ2n) is 8.03. The number of aromatic amines is 1. The number of benzene rings is 1. The molecule has 1 aliphatic rings. The lowest BCUT2D eigenvalue weighted by Crippen LogP contribution is -2.17. The number of rotatable bonds is 6. The third kappa shape index (κ3) is 3.98. The lowest BCUT2D eigenvalue weighted by atomic mass is 10.1. The highest BCUT2D eigenvalue weighted by atomic mass is 16.5. The highest BCUT2D eigenvalue weighted by molar-refractivity contribution is 5.70. The molecule has 0 amide bonds. The third-order valence-corrected chi connectivity index (χ3v) is 5.24. The van der Waals surface area contributed by atoms with Crippen LogP contribution in [0.4, 0.5) is 0 Å². The van der Waals surface area contributed by atoms with E-state index in [9.17, 15) is 9.90 Å². The summed E-state index contributed by atoms with van der Waals surface area (Å²) in [6.07, 6.45) is 6.20. The largest absolute Gasteiger partial charge is 0.493 e. The SMILES string of the molecule is COc1ccc(Cn2cnc(=O)c3[nH]c(C(C)(C)O)nc32)cc1OC1CCCC1. The van der Waals surface area contributed by atoms with Crippen molar-refractivity contribution in [3.05, 3.63) is 46.3 Å². The minimum Gasteiger partial charge on any atom is -0.493 e. The molecule has 0 atom stereocenters. The number of ether oxygens (including phenoxy) is 2. The molecule has 0 spiro atoms. The number of aromatic nitrogens is 4. The van der Waals surface area contributed by atoms with E-state index >= 15 is 0 Å². The summed E-state index contributed by atoms with van der Waals surface area (Å²) >= 11 is 0. The van der Waals surface area contributed by atoms with Crippen LogP contribution in [0, 0.1) is 0 Å². The Morgan fingerprint density at radius 2 is 2.03 bits per heavy atom. The molecular formula is C21H26N4O4. The summed E-state index contributed by atoms with van der Waals surface area (Å²) in [6.45, 7) is 3.68. The van der Waals surface area contributed by atoms with Crippen LogP contribution in [0.15, 0.2) is 29.3 Å². The Bertz CT molecular complexity index is 1070. The molecule has 3 aromatic rings. The van der Waals surface area contributed by atoms with Gasteiger partial charge in [0.25, 0.3) is 5.56 Å². The maximum absolute atomic E-state index is 12.1. The van der Waals surface area contributed by atoms with Crippen molar-refractivity contribution in [3.63, 3.8) is 0 Å². The number of hydrogen-bond donors (Lipinski definition) is 2. The molecule has 4 rings (SSSR count). The van der Waals surface area contributed by atoms with Gasteiger partial charge in [0.15, 0.2) is 22.7 Å². The summed E-state index contributed by atoms with van der Waals surface area (Å²) in [7, 11) is 1.63. The van der Waals surface area contributed by atoms with Crippen molar-refractivity contribution in [2.45, 2.75) is 57.8 Å². The maximum Gasteiger partial charge on any atom is 0.298 e. The quantitative estimate of drug-likeness (QED) is 0.662. The number of methoxy groups -OCH3 is 1. The van der Waals surface area contributed by atoms with E-state index in [1.54, 1.807) is 25.5 Å². The number of fused-ring (bicyclic) bond motifs is 1. The third-order valence-electron chi connectivity index (χ3n) is 5.24. The van der Waals surface area contributed by atoms with Crippen molar-refractivity contribution in [2.75, 3.05) is 7.11 Å². The van der Waals surface area contributed by atoms with Gasteiger partial charge in [0.2, 0.25) is 0 Å². The molecule has 1 aromatic carbocycles. The van der Waals surface area contributed by atoms with Gasteiger partial charge in [-0.25, -0.2) is 4.98 Å². The van der Waals surface area contributed by atoms with Gasteiger partial charge < -0.3 is 24.1 Å². The van der Waals surface area contributed by atoms with Crippen LogP contribution in [0.25, 0.3) is 11.2 Å². The monoisotopic (exact) mass is 398 g/mol. The molecule has 0 bridgehead atoms. The number of aliphatic hydroxyl groups is 1. The van der Waals surface area contributed by atoms with E-state index in [2.05, 4.69) is 15.0 Å². The molecule has 8 nitrogen and oxygen atoms in total. The van der Waals surface area contributed by atoms with Gasteiger partial charge in [0.05, 0.1) is 19.8 Å². The predicted molar refractivity (Wildman–Crippen MR) is 108 cm³/mol. The fraction of sp³-hybridized carbons (Fsp3) is 0.476. The molecule has 29 heavy (non-hydrogen) atoms. The van der Waals surface area contributed by atoms with Crippen molar-refractivity contribution >= 4 is 11.2 Å².